The van der Waals surface area contributed by atoms with Crippen molar-refractivity contribution in [2.45, 2.75) is 38.0 Å². The molecule has 0 aliphatic heterocycles. The monoisotopic (exact) mass is 573 g/mol. The fourth-order valence-corrected chi connectivity index (χ4v) is 5.02. The van der Waals surface area contributed by atoms with Crippen LogP contribution in [0.3, 0.4) is 0 Å². The second kappa shape index (κ2) is 12.6. The molecular formula is C30H28FN5O6. The smallest absolute Gasteiger partial charge is 0.315 e. The lowest BCUT2D eigenvalue weighted by Crippen LogP contribution is -2.25. The van der Waals surface area contributed by atoms with Gasteiger partial charge in [-0.15, -0.1) is 0 Å². The average Bonchev–Trinajstić information content (AvgIpc) is 2.99. The van der Waals surface area contributed by atoms with Crippen LogP contribution in [0.4, 0.5) is 15.8 Å². The molecule has 1 aliphatic rings. The number of ether oxygens (including phenoxy) is 2. The van der Waals surface area contributed by atoms with Crippen LogP contribution in [-0.2, 0) is 4.79 Å². The predicted molar refractivity (Wildman–Crippen MR) is 155 cm³/mol. The highest BCUT2D eigenvalue weighted by atomic mass is 19.1. The van der Waals surface area contributed by atoms with E-state index < -0.39 is 28.9 Å². The molecule has 0 atom stereocenters. The van der Waals surface area contributed by atoms with Crippen LogP contribution in [0.5, 0.6) is 11.5 Å². The van der Waals surface area contributed by atoms with Crippen LogP contribution >= 0.6 is 0 Å². The molecule has 4 aromatic rings. The fourth-order valence-electron chi connectivity index (χ4n) is 5.02. The number of nitro groups is 1. The maximum absolute atomic E-state index is 13.5. The first-order valence-electron chi connectivity index (χ1n) is 13.4. The number of benzene rings is 3. The number of halogens is 1. The zero-order valence-corrected chi connectivity index (χ0v) is 22.8. The van der Waals surface area contributed by atoms with E-state index in [-0.39, 0.29) is 34.2 Å². The standard InChI is InChI=1S/C30H28FN5O6/c1-41-26-15-19(14-25(36(39)40)28(26)42-18-27(37)33-22-11-7-10-21(31)16-22)17-32-35-29(20-8-3-2-4-9-20)34-24-13-6-5-12-23(24)30(35)38/h5-7,10-17,20H,2-4,8-9,18H2,1H3,(H,33,37). The minimum absolute atomic E-state index is 0.0132. The Hall–Kier alpha value is -5.13. The summed E-state index contributed by atoms with van der Waals surface area (Å²) in [7, 11) is 1.30. The van der Waals surface area contributed by atoms with E-state index in [4.69, 9.17) is 14.5 Å². The van der Waals surface area contributed by atoms with Gasteiger partial charge in [0, 0.05) is 23.2 Å². The normalized spacial score (nSPS) is 13.8. The molecule has 3 aromatic carbocycles. The number of carbonyl (C=O) groups excluding carboxylic acids is 1. The summed E-state index contributed by atoms with van der Waals surface area (Å²) in [6.07, 6.45) is 6.29. The lowest BCUT2D eigenvalue weighted by atomic mass is 9.88. The number of aromatic nitrogens is 2. The number of fused-ring (bicyclic) bond motifs is 1. The highest BCUT2D eigenvalue weighted by Gasteiger charge is 2.25. The summed E-state index contributed by atoms with van der Waals surface area (Å²) in [5.41, 5.74) is 0.274. The number of hydrogen-bond acceptors (Lipinski definition) is 8. The van der Waals surface area contributed by atoms with E-state index in [9.17, 15) is 24.1 Å². The van der Waals surface area contributed by atoms with Crippen molar-refractivity contribution in [3.05, 3.63) is 98.3 Å². The van der Waals surface area contributed by atoms with Gasteiger partial charge in [-0.2, -0.15) is 9.78 Å². The van der Waals surface area contributed by atoms with Crippen molar-refractivity contribution in [3.63, 3.8) is 0 Å². The molecule has 12 heteroatoms. The first-order chi connectivity index (χ1) is 20.3. The number of anilines is 1. The van der Waals surface area contributed by atoms with Crippen molar-refractivity contribution in [1.82, 2.24) is 9.66 Å². The van der Waals surface area contributed by atoms with Gasteiger partial charge in [0.05, 0.1) is 29.2 Å². The van der Waals surface area contributed by atoms with Gasteiger partial charge >= 0.3 is 5.69 Å². The molecule has 216 valence electrons. The number of rotatable bonds is 9. The number of para-hydroxylation sites is 1. The first kappa shape index (κ1) is 28.4. The Kier molecular flexibility index (Phi) is 8.51. The maximum Gasteiger partial charge on any atom is 0.315 e. The summed E-state index contributed by atoms with van der Waals surface area (Å²) in [6, 6.07) is 15.0. The van der Waals surface area contributed by atoms with Crippen LogP contribution in [0.1, 0.15) is 49.4 Å². The number of nitrogens with one attached hydrogen (secondary N) is 1. The van der Waals surface area contributed by atoms with Crippen LogP contribution < -0.4 is 20.3 Å². The van der Waals surface area contributed by atoms with Crippen LogP contribution in [-0.4, -0.2) is 40.4 Å². The summed E-state index contributed by atoms with van der Waals surface area (Å²) in [5, 5.41) is 19.3. The Morgan fingerprint density at radius 2 is 1.95 bits per heavy atom. The molecule has 0 saturated heterocycles. The molecule has 5 rings (SSSR count). The Morgan fingerprint density at radius 1 is 1.17 bits per heavy atom. The fraction of sp³-hybridized carbons (Fsp3) is 0.267. The van der Waals surface area contributed by atoms with Gasteiger partial charge in [-0.1, -0.05) is 37.5 Å². The Labute approximate surface area is 239 Å². The van der Waals surface area contributed by atoms with Crippen LogP contribution in [0.15, 0.2) is 70.6 Å². The maximum atomic E-state index is 13.5. The van der Waals surface area contributed by atoms with E-state index in [0.717, 1.165) is 38.2 Å². The summed E-state index contributed by atoms with van der Waals surface area (Å²) in [4.78, 5) is 41.9. The summed E-state index contributed by atoms with van der Waals surface area (Å²) >= 11 is 0. The van der Waals surface area contributed by atoms with Gasteiger partial charge in [-0.25, -0.2) is 9.37 Å². The van der Waals surface area contributed by atoms with Crippen LogP contribution in [0.25, 0.3) is 10.9 Å². The Morgan fingerprint density at radius 3 is 2.69 bits per heavy atom. The third-order valence-corrected chi connectivity index (χ3v) is 7.00. The second-order valence-corrected chi connectivity index (χ2v) is 9.86. The number of hydrogen-bond donors (Lipinski definition) is 1. The van der Waals surface area contributed by atoms with Gasteiger partial charge in [0.25, 0.3) is 11.5 Å². The van der Waals surface area contributed by atoms with Gasteiger partial charge < -0.3 is 14.8 Å². The molecule has 42 heavy (non-hydrogen) atoms. The largest absolute Gasteiger partial charge is 0.493 e. The number of nitrogens with zero attached hydrogens (tertiary/aromatic N) is 4. The average molecular weight is 574 g/mol. The van der Waals surface area contributed by atoms with Gasteiger partial charge in [-0.05, 0) is 49.2 Å². The van der Waals surface area contributed by atoms with Gasteiger partial charge in [0.15, 0.2) is 12.4 Å². The summed E-state index contributed by atoms with van der Waals surface area (Å²) in [5.74, 6) is -0.842. The van der Waals surface area contributed by atoms with Gasteiger partial charge in [0.2, 0.25) is 5.75 Å². The predicted octanol–water partition coefficient (Wildman–Crippen LogP) is 5.40. The van der Waals surface area contributed by atoms with E-state index in [0.29, 0.717) is 16.7 Å². The molecule has 1 aromatic heterocycles. The molecule has 11 nitrogen and oxygen atoms in total. The molecule has 0 bridgehead atoms. The molecule has 0 unspecified atom stereocenters. The van der Waals surface area contributed by atoms with Crippen molar-refractivity contribution in [2.24, 2.45) is 5.10 Å². The molecule has 1 N–H and O–H groups in total. The number of nitro benzene ring substituents is 1. The highest BCUT2D eigenvalue weighted by Crippen LogP contribution is 2.38. The molecule has 1 heterocycles. The molecular weight excluding hydrogens is 545 g/mol. The third-order valence-electron chi connectivity index (χ3n) is 7.00. The number of methoxy groups -OCH3 is 1. The van der Waals surface area contributed by atoms with Crippen molar-refractivity contribution < 1.29 is 23.6 Å². The zero-order valence-electron chi connectivity index (χ0n) is 22.8. The van der Waals surface area contributed by atoms with E-state index in [1.165, 1.54) is 48.3 Å². The summed E-state index contributed by atoms with van der Waals surface area (Å²) < 4.78 is 25.5. The molecule has 1 fully saturated rings. The van der Waals surface area contributed by atoms with Crippen LogP contribution in [0, 0.1) is 15.9 Å². The quantitative estimate of drug-likeness (QED) is 0.161. The van der Waals surface area contributed by atoms with Crippen molar-refractivity contribution in [3.8, 4) is 11.5 Å². The van der Waals surface area contributed by atoms with E-state index in [2.05, 4.69) is 10.4 Å². The number of carbonyl (C=O) groups is 1. The third kappa shape index (κ3) is 6.27. The molecule has 1 amide bonds. The summed E-state index contributed by atoms with van der Waals surface area (Å²) in [6.45, 7) is -0.593. The van der Waals surface area contributed by atoms with Crippen molar-refractivity contribution in [1.29, 1.82) is 0 Å². The van der Waals surface area contributed by atoms with Gasteiger partial charge in [-0.3, -0.25) is 19.7 Å². The van der Waals surface area contributed by atoms with Crippen LogP contribution in [0.2, 0.25) is 0 Å². The molecule has 1 aliphatic carbocycles. The minimum atomic E-state index is -0.670. The minimum Gasteiger partial charge on any atom is -0.493 e. The topological polar surface area (TPSA) is 138 Å². The van der Waals surface area contributed by atoms with Crippen molar-refractivity contribution >= 4 is 34.4 Å². The molecule has 0 radical (unpaired) electrons. The molecule has 0 spiro atoms. The number of amides is 1. The first-order valence-corrected chi connectivity index (χ1v) is 13.4. The lowest BCUT2D eigenvalue weighted by Gasteiger charge is -2.22. The lowest BCUT2D eigenvalue weighted by molar-refractivity contribution is -0.385. The second-order valence-electron chi connectivity index (χ2n) is 9.86. The van der Waals surface area contributed by atoms with E-state index in [1.807, 2.05) is 6.07 Å². The van der Waals surface area contributed by atoms with E-state index >= 15 is 0 Å². The Bertz CT molecular complexity index is 1730. The highest BCUT2D eigenvalue weighted by molar-refractivity contribution is 5.92. The SMILES string of the molecule is COc1cc(C=Nn2c(C3CCCCC3)nc3ccccc3c2=O)cc([N+](=O)[O-])c1OCC(=O)Nc1cccc(F)c1. The van der Waals surface area contributed by atoms with Gasteiger partial charge in [0.1, 0.15) is 11.6 Å². The van der Waals surface area contributed by atoms with E-state index in [1.54, 1.807) is 18.2 Å². The Balaban J connectivity index is 1.46. The zero-order chi connectivity index (χ0) is 29.6. The molecule has 1 saturated carbocycles. The van der Waals surface area contributed by atoms with Crippen molar-refractivity contribution in [2.75, 3.05) is 19.0 Å².